The molecule has 1 N–H and O–H groups in total. The van der Waals surface area contributed by atoms with Gasteiger partial charge >= 0.3 is 0 Å². The zero-order chi connectivity index (χ0) is 33.6. The van der Waals surface area contributed by atoms with Gasteiger partial charge in [-0.05, 0) is 72.1 Å². The average Bonchev–Trinajstić information content (AvgIpc) is 3.44. The highest BCUT2D eigenvalue weighted by Gasteiger charge is 2.19. The molecular weight excluding hydrogens is 690 g/mol. The fourth-order valence-corrected chi connectivity index (χ4v) is 6.53. The minimum atomic E-state index is -0.229. The molecule has 6 rings (SSSR count). The van der Waals surface area contributed by atoms with Crippen LogP contribution in [0.2, 0.25) is 20.1 Å². The Balaban J connectivity index is 1.32. The van der Waals surface area contributed by atoms with E-state index >= 15 is 0 Å². The summed E-state index contributed by atoms with van der Waals surface area (Å²) in [6.07, 6.45) is 0.327. The Hall–Kier alpha value is -3.14. The van der Waals surface area contributed by atoms with Gasteiger partial charge in [0.15, 0.2) is 0 Å². The molecule has 11 heteroatoms. The third kappa shape index (κ3) is 8.71. The molecule has 250 valence electrons. The number of benzene rings is 4. The summed E-state index contributed by atoms with van der Waals surface area (Å²) in [6, 6.07) is 25.2. The van der Waals surface area contributed by atoms with Crippen LogP contribution in [0.25, 0.3) is 22.4 Å². The molecule has 0 spiro atoms. The van der Waals surface area contributed by atoms with Crippen molar-refractivity contribution in [1.82, 2.24) is 19.8 Å². The SMILES string of the molecule is CC(=O)CC(NCc1ccc(Cl)c(Cl)c1)c1ccc2c(c1)nc(-c1cccc(OCCN3CCOCC3)c1)n2Cc1ccc(Cl)c(Cl)c1. The number of imidazole rings is 1. The van der Waals surface area contributed by atoms with Crippen molar-refractivity contribution < 1.29 is 14.3 Å². The molecule has 0 radical (unpaired) electrons. The Morgan fingerprint density at radius 2 is 1.62 bits per heavy atom. The fourth-order valence-electron chi connectivity index (χ4n) is 5.89. The topological polar surface area (TPSA) is 68.6 Å². The van der Waals surface area contributed by atoms with Crippen LogP contribution in [0.3, 0.4) is 0 Å². The number of ketones is 1. The number of hydrogen-bond acceptors (Lipinski definition) is 6. The number of carbonyl (C=O) groups excluding carboxylic acids is 1. The molecule has 0 bridgehead atoms. The maximum absolute atomic E-state index is 12.4. The van der Waals surface area contributed by atoms with E-state index in [1.807, 2.05) is 54.6 Å². The largest absolute Gasteiger partial charge is 0.492 e. The van der Waals surface area contributed by atoms with Crippen LogP contribution in [-0.2, 0) is 22.6 Å². The van der Waals surface area contributed by atoms with E-state index in [9.17, 15) is 4.79 Å². The lowest BCUT2D eigenvalue weighted by Gasteiger charge is -2.26. The van der Waals surface area contributed by atoms with Gasteiger partial charge in [0.25, 0.3) is 0 Å². The zero-order valence-corrected chi connectivity index (χ0v) is 29.5. The predicted molar refractivity (Wildman–Crippen MR) is 195 cm³/mol. The molecule has 1 saturated heterocycles. The Bertz CT molecular complexity index is 1910. The Morgan fingerprint density at radius 1 is 0.896 bits per heavy atom. The summed E-state index contributed by atoms with van der Waals surface area (Å²) in [5.41, 5.74) is 5.61. The van der Waals surface area contributed by atoms with Crippen LogP contribution in [0, 0.1) is 0 Å². The lowest BCUT2D eigenvalue weighted by molar-refractivity contribution is -0.117. The first kappa shape index (κ1) is 34.7. The summed E-state index contributed by atoms with van der Waals surface area (Å²) in [5.74, 6) is 1.65. The van der Waals surface area contributed by atoms with Gasteiger partial charge in [0.2, 0.25) is 0 Å². The molecule has 2 heterocycles. The van der Waals surface area contributed by atoms with E-state index in [1.54, 1.807) is 13.0 Å². The quantitative estimate of drug-likeness (QED) is 0.131. The minimum absolute atomic E-state index is 0.0815. The van der Waals surface area contributed by atoms with Crippen LogP contribution in [0.5, 0.6) is 5.75 Å². The summed E-state index contributed by atoms with van der Waals surface area (Å²) in [5, 5.41) is 5.54. The zero-order valence-electron chi connectivity index (χ0n) is 26.5. The highest BCUT2D eigenvalue weighted by atomic mass is 35.5. The fraction of sp³-hybridized carbons (Fsp3) is 0.297. The number of aromatic nitrogens is 2. The predicted octanol–water partition coefficient (Wildman–Crippen LogP) is 8.89. The van der Waals surface area contributed by atoms with E-state index in [-0.39, 0.29) is 11.8 Å². The van der Waals surface area contributed by atoms with Gasteiger partial charge in [0.05, 0.1) is 44.3 Å². The van der Waals surface area contributed by atoms with Gasteiger partial charge in [0.1, 0.15) is 24.0 Å². The van der Waals surface area contributed by atoms with Crippen LogP contribution in [0.1, 0.15) is 36.1 Å². The number of fused-ring (bicyclic) bond motifs is 1. The number of ether oxygens (including phenoxy) is 2. The van der Waals surface area contributed by atoms with Crippen molar-refractivity contribution in [1.29, 1.82) is 0 Å². The van der Waals surface area contributed by atoms with Gasteiger partial charge in [-0.2, -0.15) is 0 Å². The molecule has 1 aliphatic rings. The second kappa shape index (κ2) is 16.0. The number of nitrogens with zero attached hydrogens (tertiary/aromatic N) is 3. The standard InChI is InChI=1S/C37H36Cl4N4O3/c1-24(46)17-34(42-22-25-5-8-30(38)32(40)18-25)27-7-10-36-35(21-27)43-37(45(36)23-26-6-9-31(39)33(41)19-26)28-3-2-4-29(20-28)48-16-13-44-11-14-47-15-12-44/h2-10,18-21,34,42H,11-17,22-23H2,1H3. The molecule has 0 amide bonds. The van der Waals surface area contributed by atoms with Gasteiger partial charge in [0, 0.05) is 50.7 Å². The highest BCUT2D eigenvalue weighted by Crippen LogP contribution is 2.32. The molecule has 1 aromatic heterocycles. The van der Waals surface area contributed by atoms with E-state index in [2.05, 4.69) is 33.0 Å². The average molecular weight is 727 g/mol. The lowest BCUT2D eigenvalue weighted by Crippen LogP contribution is -2.38. The van der Waals surface area contributed by atoms with Crippen LogP contribution in [0.15, 0.2) is 78.9 Å². The van der Waals surface area contributed by atoms with Crippen LogP contribution < -0.4 is 10.1 Å². The molecule has 1 unspecified atom stereocenters. The maximum atomic E-state index is 12.4. The number of rotatable bonds is 13. The third-order valence-electron chi connectivity index (χ3n) is 8.40. The monoisotopic (exact) mass is 724 g/mol. The Kier molecular flexibility index (Phi) is 11.6. The summed E-state index contributed by atoms with van der Waals surface area (Å²) in [7, 11) is 0. The molecular formula is C37H36Cl4N4O3. The third-order valence-corrected chi connectivity index (χ3v) is 9.88. The van der Waals surface area contributed by atoms with Gasteiger partial charge in [-0.3, -0.25) is 9.69 Å². The van der Waals surface area contributed by atoms with E-state index in [0.29, 0.717) is 46.2 Å². The van der Waals surface area contributed by atoms with Crippen molar-refractivity contribution in [2.75, 3.05) is 39.5 Å². The number of carbonyl (C=O) groups is 1. The van der Waals surface area contributed by atoms with Crippen molar-refractivity contribution in [2.45, 2.75) is 32.5 Å². The van der Waals surface area contributed by atoms with Gasteiger partial charge in [-0.1, -0.05) is 76.7 Å². The molecule has 5 aromatic rings. The first-order chi connectivity index (χ1) is 23.2. The Morgan fingerprint density at radius 3 is 2.35 bits per heavy atom. The molecule has 0 saturated carbocycles. The van der Waals surface area contributed by atoms with Crippen LogP contribution in [0.4, 0.5) is 0 Å². The van der Waals surface area contributed by atoms with Crippen molar-refractivity contribution in [2.24, 2.45) is 0 Å². The molecule has 7 nitrogen and oxygen atoms in total. The number of nitrogens with one attached hydrogen (secondary N) is 1. The maximum Gasteiger partial charge on any atom is 0.141 e. The van der Waals surface area contributed by atoms with Gasteiger partial charge in [-0.15, -0.1) is 0 Å². The molecule has 48 heavy (non-hydrogen) atoms. The minimum Gasteiger partial charge on any atom is -0.492 e. The summed E-state index contributed by atoms with van der Waals surface area (Å²) >= 11 is 25.0. The summed E-state index contributed by atoms with van der Waals surface area (Å²) in [4.78, 5) is 19.9. The second-order valence-corrected chi connectivity index (χ2v) is 13.6. The molecule has 1 atom stereocenters. The van der Waals surface area contributed by atoms with Crippen molar-refractivity contribution in [3.8, 4) is 17.1 Å². The molecule has 4 aromatic carbocycles. The van der Waals surface area contributed by atoms with Gasteiger partial charge < -0.3 is 19.4 Å². The Labute approximate surface area is 300 Å². The van der Waals surface area contributed by atoms with E-state index in [1.165, 1.54) is 0 Å². The van der Waals surface area contributed by atoms with Crippen LogP contribution in [-0.4, -0.2) is 59.7 Å². The first-order valence-corrected chi connectivity index (χ1v) is 17.4. The smallest absolute Gasteiger partial charge is 0.141 e. The normalized spacial score (nSPS) is 14.4. The summed E-state index contributed by atoms with van der Waals surface area (Å²) in [6.45, 7) is 7.42. The highest BCUT2D eigenvalue weighted by molar-refractivity contribution is 6.42. The number of Topliss-reactive ketones (excluding diaryl/α,β-unsaturated/α-hetero) is 1. The number of morpholine rings is 1. The number of hydrogen-bond donors (Lipinski definition) is 1. The van der Waals surface area contributed by atoms with Crippen molar-refractivity contribution in [3.05, 3.63) is 116 Å². The second-order valence-electron chi connectivity index (χ2n) is 11.9. The molecule has 1 aliphatic heterocycles. The van der Waals surface area contributed by atoms with E-state index < -0.39 is 0 Å². The van der Waals surface area contributed by atoms with E-state index in [0.717, 1.165) is 77.7 Å². The summed E-state index contributed by atoms with van der Waals surface area (Å²) < 4.78 is 13.8. The molecule has 1 fully saturated rings. The lowest BCUT2D eigenvalue weighted by atomic mass is 10.0. The van der Waals surface area contributed by atoms with Crippen LogP contribution >= 0.6 is 46.4 Å². The molecule has 0 aliphatic carbocycles. The first-order valence-electron chi connectivity index (χ1n) is 15.9. The number of halogens is 4. The van der Waals surface area contributed by atoms with Crippen molar-refractivity contribution in [3.63, 3.8) is 0 Å². The van der Waals surface area contributed by atoms with Crippen molar-refractivity contribution >= 4 is 63.2 Å². The van der Waals surface area contributed by atoms with Gasteiger partial charge in [-0.25, -0.2) is 4.98 Å². The van der Waals surface area contributed by atoms with E-state index in [4.69, 9.17) is 60.9 Å².